The fourth-order valence-electron chi connectivity index (χ4n) is 2.74. The SMILES string of the molecule is Cc1c(C#N)sc(N=Nc2ccc(NC(=O)CCC(N)C(=O)O)cc2CCC(=O)O)c1C#N.N.N. The quantitative estimate of drug-likeness (QED) is 0.256. The molecule has 0 saturated heterocycles. The van der Waals surface area contributed by atoms with Crippen LogP contribution in [-0.4, -0.2) is 34.1 Å². The normalized spacial score (nSPS) is 10.9. The summed E-state index contributed by atoms with van der Waals surface area (Å²) in [7, 11) is 0. The Morgan fingerprint density at radius 3 is 2.40 bits per heavy atom. The second-order valence-corrected chi connectivity index (χ2v) is 7.93. The number of carbonyl (C=O) groups excluding carboxylic acids is 1. The number of carboxylic acid groups (broad SMARTS) is 2. The zero-order valence-corrected chi connectivity index (χ0v) is 19.8. The number of nitrogens with two attached hydrogens (primary N) is 1. The van der Waals surface area contributed by atoms with Gasteiger partial charge < -0.3 is 33.6 Å². The lowest BCUT2D eigenvalue weighted by molar-refractivity contribution is -0.139. The molecular weight excluding hydrogens is 476 g/mol. The minimum absolute atomic E-state index is 0. The van der Waals surface area contributed by atoms with Crippen molar-refractivity contribution >= 4 is 45.6 Å². The molecule has 2 rings (SSSR count). The third-order valence-electron chi connectivity index (χ3n) is 4.56. The summed E-state index contributed by atoms with van der Waals surface area (Å²) in [6, 6.07) is 7.49. The van der Waals surface area contributed by atoms with Crippen LogP contribution >= 0.6 is 11.3 Å². The minimum atomic E-state index is -1.20. The molecule has 0 bridgehead atoms. The number of azo groups is 1. The molecule has 1 unspecified atom stereocenters. The van der Waals surface area contributed by atoms with E-state index >= 15 is 0 Å². The van der Waals surface area contributed by atoms with Crippen LogP contribution in [0.3, 0.4) is 0 Å². The van der Waals surface area contributed by atoms with Gasteiger partial charge in [0, 0.05) is 18.5 Å². The number of carbonyl (C=O) groups is 3. The minimum Gasteiger partial charge on any atom is -0.481 e. The maximum atomic E-state index is 12.1. The fraction of sp³-hybridized carbons (Fsp3) is 0.286. The monoisotopic (exact) mass is 502 g/mol. The number of amides is 1. The van der Waals surface area contributed by atoms with Crippen molar-refractivity contribution in [3.8, 4) is 12.1 Å². The fourth-order valence-corrected chi connectivity index (χ4v) is 3.62. The summed E-state index contributed by atoms with van der Waals surface area (Å²) in [4.78, 5) is 34.3. The van der Waals surface area contributed by atoms with E-state index in [9.17, 15) is 19.6 Å². The van der Waals surface area contributed by atoms with Crippen molar-refractivity contribution in [1.29, 1.82) is 10.5 Å². The zero-order valence-electron chi connectivity index (χ0n) is 18.9. The number of carboxylic acids is 2. The van der Waals surface area contributed by atoms with E-state index in [2.05, 4.69) is 15.5 Å². The molecule has 2 aromatic rings. The van der Waals surface area contributed by atoms with Gasteiger partial charge in [0.05, 0.1) is 11.3 Å². The predicted molar refractivity (Wildman–Crippen MR) is 129 cm³/mol. The second-order valence-electron chi connectivity index (χ2n) is 6.93. The highest BCUT2D eigenvalue weighted by Crippen LogP contribution is 2.36. The van der Waals surface area contributed by atoms with Crippen LogP contribution in [0.4, 0.5) is 16.4 Å². The predicted octanol–water partition coefficient (Wildman–Crippen LogP) is 3.69. The summed E-state index contributed by atoms with van der Waals surface area (Å²) < 4.78 is 0. The maximum Gasteiger partial charge on any atom is 0.320 e. The van der Waals surface area contributed by atoms with Gasteiger partial charge in [-0.15, -0.1) is 21.6 Å². The van der Waals surface area contributed by atoms with E-state index in [4.69, 9.17) is 21.2 Å². The molecule has 1 atom stereocenters. The van der Waals surface area contributed by atoms with Crippen LogP contribution in [0, 0.1) is 29.6 Å². The van der Waals surface area contributed by atoms with Crippen LogP contribution in [0.5, 0.6) is 0 Å². The van der Waals surface area contributed by atoms with E-state index in [1.165, 1.54) is 6.07 Å². The molecule has 1 aromatic carbocycles. The molecule has 14 heteroatoms. The lowest BCUT2D eigenvalue weighted by Gasteiger charge is -2.10. The molecule has 0 saturated carbocycles. The smallest absolute Gasteiger partial charge is 0.320 e. The molecule has 0 aliphatic carbocycles. The first-order chi connectivity index (χ1) is 15.7. The van der Waals surface area contributed by atoms with Gasteiger partial charge in [-0.05, 0) is 49.1 Å². The van der Waals surface area contributed by atoms with Crippen molar-refractivity contribution in [3.63, 3.8) is 0 Å². The van der Waals surface area contributed by atoms with Crippen molar-refractivity contribution in [2.24, 2.45) is 16.0 Å². The number of rotatable bonds is 10. The highest BCUT2D eigenvalue weighted by atomic mass is 32.1. The molecule has 1 aromatic heterocycles. The van der Waals surface area contributed by atoms with Crippen molar-refractivity contribution in [1.82, 2.24) is 12.3 Å². The first-order valence-corrected chi connectivity index (χ1v) is 10.5. The van der Waals surface area contributed by atoms with E-state index in [1.54, 1.807) is 19.1 Å². The summed E-state index contributed by atoms with van der Waals surface area (Å²) in [6.07, 6.45) is -0.219. The first kappa shape index (κ1) is 30.8. The summed E-state index contributed by atoms with van der Waals surface area (Å²) in [6.45, 7) is 1.64. The third-order valence-corrected chi connectivity index (χ3v) is 5.64. The Morgan fingerprint density at radius 2 is 1.83 bits per heavy atom. The van der Waals surface area contributed by atoms with Crippen LogP contribution in [0.2, 0.25) is 0 Å². The number of benzene rings is 1. The molecule has 0 aliphatic rings. The van der Waals surface area contributed by atoms with E-state index in [1.807, 2.05) is 12.1 Å². The van der Waals surface area contributed by atoms with Crippen molar-refractivity contribution in [3.05, 3.63) is 39.8 Å². The van der Waals surface area contributed by atoms with E-state index in [0.717, 1.165) is 11.3 Å². The summed E-state index contributed by atoms with van der Waals surface area (Å²) in [5.74, 6) is -2.66. The van der Waals surface area contributed by atoms with Gasteiger partial charge >= 0.3 is 11.9 Å². The topological polar surface area (TPSA) is 272 Å². The molecule has 186 valence electrons. The molecule has 11 N–H and O–H groups in total. The standard InChI is InChI=1S/C21H20N6O5S.2H3N/c1-11-14(9-22)20(33-17(11)10-23)27-26-16-5-3-13(8-12(16)2-7-19(29)30)25-18(28)6-4-15(24)21(31)32;;/h3,5,8,15H,2,4,6-7,24H2,1H3,(H,25,28)(H,29,30)(H,31,32);2*1H3. The number of hydrogen-bond acceptors (Lipinski definition) is 11. The first-order valence-electron chi connectivity index (χ1n) is 9.64. The zero-order chi connectivity index (χ0) is 24.5. The van der Waals surface area contributed by atoms with Gasteiger partial charge in [0.1, 0.15) is 23.1 Å². The highest BCUT2D eigenvalue weighted by Gasteiger charge is 2.16. The summed E-state index contributed by atoms with van der Waals surface area (Å²) in [5.41, 5.74) is 7.37. The Balaban J connectivity index is 0.00000578. The summed E-state index contributed by atoms with van der Waals surface area (Å²) in [5, 5.41) is 47.4. The lowest BCUT2D eigenvalue weighted by atomic mass is 10.1. The van der Waals surface area contributed by atoms with Gasteiger partial charge in [0.25, 0.3) is 0 Å². The highest BCUT2D eigenvalue weighted by molar-refractivity contribution is 7.16. The number of hydrogen-bond donors (Lipinski definition) is 6. The summed E-state index contributed by atoms with van der Waals surface area (Å²) >= 11 is 1.03. The number of anilines is 1. The van der Waals surface area contributed by atoms with E-state index in [0.29, 0.717) is 27.4 Å². The van der Waals surface area contributed by atoms with E-state index in [-0.39, 0.29) is 48.5 Å². The Morgan fingerprint density at radius 1 is 1.14 bits per heavy atom. The number of thiophene rings is 1. The molecule has 0 aliphatic heterocycles. The van der Waals surface area contributed by atoms with Gasteiger partial charge in [-0.25, -0.2) is 0 Å². The average Bonchev–Trinajstić information content (AvgIpc) is 3.09. The van der Waals surface area contributed by atoms with Crippen LogP contribution in [0.15, 0.2) is 28.4 Å². The Kier molecular flexibility index (Phi) is 12.4. The van der Waals surface area contributed by atoms with Crippen molar-refractivity contribution in [2.45, 2.75) is 38.6 Å². The van der Waals surface area contributed by atoms with Crippen LogP contribution in [-0.2, 0) is 20.8 Å². The molecule has 0 spiro atoms. The van der Waals surface area contributed by atoms with Gasteiger partial charge in [-0.2, -0.15) is 10.5 Å². The average molecular weight is 503 g/mol. The Bertz CT molecular complexity index is 1200. The number of aliphatic carboxylic acids is 2. The van der Waals surface area contributed by atoms with Crippen LogP contribution in [0.1, 0.15) is 40.8 Å². The van der Waals surface area contributed by atoms with Gasteiger partial charge in [0.15, 0.2) is 5.00 Å². The van der Waals surface area contributed by atoms with Gasteiger partial charge in [0.2, 0.25) is 5.91 Å². The molecule has 13 nitrogen and oxygen atoms in total. The van der Waals surface area contributed by atoms with Crippen molar-refractivity contribution < 1.29 is 24.6 Å². The van der Waals surface area contributed by atoms with Crippen molar-refractivity contribution in [2.75, 3.05) is 5.32 Å². The molecule has 35 heavy (non-hydrogen) atoms. The number of aryl methyl sites for hydroxylation is 1. The van der Waals surface area contributed by atoms with Crippen LogP contribution in [0.25, 0.3) is 0 Å². The maximum absolute atomic E-state index is 12.1. The van der Waals surface area contributed by atoms with Gasteiger partial charge in [-0.1, -0.05) is 0 Å². The van der Waals surface area contributed by atoms with Gasteiger partial charge in [-0.3, -0.25) is 14.4 Å². The molecule has 1 heterocycles. The number of nitriles is 2. The number of nitrogens with one attached hydrogen (secondary N) is 1. The largest absolute Gasteiger partial charge is 0.481 e. The lowest BCUT2D eigenvalue weighted by Crippen LogP contribution is -2.31. The third kappa shape index (κ3) is 8.58. The molecule has 0 fully saturated rings. The van der Waals surface area contributed by atoms with Crippen LogP contribution < -0.4 is 23.4 Å². The van der Waals surface area contributed by atoms with E-state index < -0.39 is 23.9 Å². The Hall–Kier alpha value is -4.21. The molecule has 1 amide bonds. The second kappa shape index (κ2) is 14.1. The molecule has 0 radical (unpaired) electrons. The number of nitrogens with zero attached hydrogens (tertiary/aromatic N) is 4. The Labute approximate surface area is 205 Å². The molecular formula is C21H26N8O5S.